The number of H-pyrrole nitrogens is 1. The Morgan fingerprint density at radius 2 is 1.61 bits per heavy atom. The van der Waals surface area contributed by atoms with Crippen molar-refractivity contribution in [2.45, 2.75) is 6.04 Å². The Balaban J connectivity index is 0.00000120. The van der Waals surface area contributed by atoms with E-state index in [1.165, 1.54) is 0 Å². The van der Waals surface area contributed by atoms with Gasteiger partial charge in [-0.1, -0.05) is 42.5 Å². The number of hydrogen-bond acceptors (Lipinski definition) is 2. The Morgan fingerprint density at radius 1 is 0.944 bits per heavy atom. The first kappa shape index (κ1) is 12.6. The molecule has 0 bridgehead atoms. The van der Waals surface area contributed by atoms with E-state index in [-0.39, 0.29) is 18.4 Å². The predicted octanol–water partition coefficient (Wildman–Crippen LogP) is 3.03. The fourth-order valence-electron chi connectivity index (χ4n) is 1.94. The monoisotopic (exact) mass is 259 g/mol. The molecule has 92 valence electrons. The van der Waals surface area contributed by atoms with Gasteiger partial charge < -0.3 is 10.7 Å². The van der Waals surface area contributed by atoms with Crippen LogP contribution in [-0.2, 0) is 0 Å². The summed E-state index contributed by atoms with van der Waals surface area (Å²) < 4.78 is 0. The van der Waals surface area contributed by atoms with Gasteiger partial charge in [0.15, 0.2) is 0 Å². The van der Waals surface area contributed by atoms with Crippen LogP contribution in [0.15, 0.2) is 54.6 Å². The Kier molecular flexibility index (Phi) is 3.65. The van der Waals surface area contributed by atoms with E-state index >= 15 is 0 Å². The van der Waals surface area contributed by atoms with Gasteiger partial charge in [0, 0.05) is 0 Å². The lowest BCUT2D eigenvalue weighted by atomic mass is 10.1. The summed E-state index contributed by atoms with van der Waals surface area (Å²) in [7, 11) is 0. The molecule has 1 heterocycles. The largest absolute Gasteiger partial charge is 0.340 e. The maximum absolute atomic E-state index is 6.19. The first-order chi connectivity index (χ1) is 8.34. The number of halogens is 1. The van der Waals surface area contributed by atoms with Gasteiger partial charge in [-0.3, -0.25) is 0 Å². The van der Waals surface area contributed by atoms with Crippen molar-refractivity contribution in [1.29, 1.82) is 0 Å². The molecule has 0 amide bonds. The van der Waals surface area contributed by atoms with Crippen molar-refractivity contribution in [2.75, 3.05) is 0 Å². The fourth-order valence-corrected chi connectivity index (χ4v) is 1.94. The highest BCUT2D eigenvalue weighted by atomic mass is 35.5. The molecule has 0 aliphatic carbocycles. The number of nitrogens with zero attached hydrogens (tertiary/aromatic N) is 1. The Morgan fingerprint density at radius 3 is 2.33 bits per heavy atom. The molecule has 2 aromatic carbocycles. The zero-order valence-electron chi connectivity index (χ0n) is 9.71. The second kappa shape index (κ2) is 5.21. The first-order valence-corrected chi connectivity index (χ1v) is 5.60. The van der Waals surface area contributed by atoms with Gasteiger partial charge in [0.2, 0.25) is 0 Å². The van der Waals surface area contributed by atoms with Crippen LogP contribution in [0.5, 0.6) is 0 Å². The molecule has 0 aliphatic rings. The summed E-state index contributed by atoms with van der Waals surface area (Å²) >= 11 is 0. The van der Waals surface area contributed by atoms with Crippen LogP contribution in [0.25, 0.3) is 11.0 Å². The van der Waals surface area contributed by atoms with Gasteiger partial charge in [0.05, 0.1) is 17.1 Å². The van der Waals surface area contributed by atoms with Crippen molar-refractivity contribution in [3.8, 4) is 0 Å². The minimum absolute atomic E-state index is 0. The number of imidazole rings is 1. The van der Waals surface area contributed by atoms with E-state index in [4.69, 9.17) is 5.73 Å². The van der Waals surface area contributed by atoms with Crippen LogP contribution >= 0.6 is 12.4 Å². The molecule has 0 saturated carbocycles. The number of nitrogens with one attached hydrogen (secondary N) is 1. The van der Waals surface area contributed by atoms with Crippen LogP contribution in [-0.4, -0.2) is 9.97 Å². The maximum Gasteiger partial charge on any atom is 0.128 e. The molecular weight excluding hydrogens is 246 g/mol. The molecule has 0 radical (unpaired) electrons. The van der Waals surface area contributed by atoms with Crippen molar-refractivity contribution in [3.63, 3.8) is 0 Å². The van der Waals surface area contributed by atoms with Crippen molar-refractivity contribution in [3.05, 3.63) is 66.0 Å². The lowest BCUT2D eigenvalue weighted by molar-refractivity contribution is 0.806. The zero-order valence-corrected chi connectivity index (χ0v) is 10.5. The van der Waals surface area contributed by atoms with Crippen LogP contribution < -0.4 is 5.73 Å². The van der Waals surface area contributed by atoms with Gasteiger partial charge in [-0.15, -0.1) is 12.4 Å². The van der Waals surface area contributed by atoms with Gasteiger partial charge in [0.25, 0.3) is 0 Å². The quantitative estimate of drug-likeness (QED) is 0.743. The third-order valence-corrected chi connectivity index (χ3v) is 2.86. The summed E-state index contributed by atoms with van der Waals surface area (Å²) in [6.45, 7) is 0. The van der Waals surface area contributed by atoms with Crippen LogP contribution in [0.4, 0.5) is 0 Å². The lowest BCUT2D eigenvalue weighted by Crippen LogP contribution is -2.13. The van der Waals surface area contributed by atoms with Crippen molar-refractivity contribution >= 4 is 23.4 Å². The SMILES string of the molecule is Cl.N[C@@H](c1ccccc1)c1nc2ccccc2[nH]1. The van der Waals surface area contributed by atoms with Crippen molar-refractivity contribution < 1.29 is 0 Å². The minimum Gasteiger partial charge on any atom is -0.340 e. The van der Waals surface area contributed by atoms with Crippen LogP contribution in [0.2, 0.25) is 0 Å². The van der Waals surface area contributed by atoms with E-state index in [1.54, 1.807) is 0 Å². The molecule has 3 nitrogen and oxygen atoms in total. The number of hydrogen-bond donors (Lipinski definition) is 2. The Bertz CT molecular complexity index is 601. The molecule has 18 heavy (non-hydrogen) atoms. The third kappa shape index (κ3) is 2.23. The summed E-state index contributed by atoms with van der Waals surface area (Å²) in [4.78, 5) is 7.77. The molecule has 1 atom stereocenters. The number of para-hydroxylation sites is 2. The van der Waals surface area contributed by atoms with Crippen LogP contribution in [0.1, 0.15) is 17.4 Å². The number of rotatable bonds is 2. The smallest absolute Gasteiger partial charge is 0.128 e. The van der Waals surface area contributed by atoms with E-state index in [0.717, 1.165) is 22.4 Å². The molecule has 0 fully saturated rings. The molecule has 1 aromatic heterocycles. The average molecular weight is 260 g/mol. The fraction of sp³-hybridized carbons (Fsp3) is 0.0714. The first-order valence-electron chi connectivity index (χ1n) is 5.60. The minimum atomic E-state index is -0.205. The van der Waals surface area contributed by atoms with Crippen molar-refractivity contribution in [1.82, 2.24) is 9.97 Å². The maximum atomic E-state index is 6.19. The topological polar surface area (TPSA) is 54.7 Å². The summed E-state index contributed by atoms with van der Waals surface area (Å²) in [6.07, 6.45) is 0. The number of benzene rings is 2. The standard InChI is InChI=1S/C14H13N3.ClH/c15-13(10-6-2-1-3-7-10)14-16-11-8-4-5-9-12(11)17-14;/h1-9,13H,15H2,(H,16,17);1H/t13-;/m0./s1. The molecule has 3 N–H and O–H groups in total. The number of aromatic amines is 1. The molecule has 0 aliphatic heterocycles. The zero-order chi connectivity index (χ0) is 11.7. The Hall–Kier alpha value is -1.84. The van der Waals surface area contributed by atoms with E-state index in [1.807, 2.05) is 54.6 Å². The lowest BCUT2D eigenvalue weighted by Gasteiger charge is -2.08. The molecule has 3 aromatic rings. The van der Waals surface area contributed by atoms with Crippen LogP contribution in [0.3, 0.4) is 0 Å². The molecule has 0 saturated heterocycles. The van der Waals surface area contributed by atoms with Gasteiger partial charge in [-0.2, -0.15) is 0 Å². The van der Waals surface area contributed by atoms with Crippen molar-refractivity contribution in [2.24, 2.45) is 5.73 Å². The summed E-state index contributed by atoms with van der Waals surface area (Å²) in [5.41, 5.74) is 9.22. The molecular formula is C14H14ClN3. The highest BCUT2D eigenvalue weighted by Gasteiger charge is 2.12. The second-order valence-corrected chi connectivity index (χ2v) is 4.03. The molecule has 4 heteroatoms. The summed E-state index contributed by atoms with van der Waals surface area (Å²) in [5.74, 6) is 0.803. The molecule has 0 unspecified atom stereocenters. The van der Waals surface area contributed by atoms with Gasteiger partial charge in [-0.05, 0) is 17.7 Å². The van der Waals surface area contributed by atoms with E-state index < -0.39 is 0 Å². The summed E-state index contributed by atoms with van der Waals surface area (Å²) in [6, 6.07) is 17.7. The number of fused-ring (bicyclic) bond motifs is 1. The van der Waals surface area contributed by atoms with E-state index in [2.05, 4.69) is 9.97 Å². The van der Waals surface area contributed by atoms with E-state index in [0.29, 0.717) is 0 Å². The highest BCUT2D eigenvalue weighted by molar-refractivity contribution is 5.85. The number of aromatic nitrogens is 2. The highest BCUT2D eigenvalue weighted by Crippen LogP contribution is 2.19. The third-order valence-electron chi connectivity index (χ3n) is 2.86. The second-order valence-electron chi connectivity index (χ2n) is 4.03. The molecule has 3 rings (SSSR count). The van der Waals surface area contributed by atoms with Gasteiger partial charge in [-0.25, -0.2) is 4.98 Å². The Labute approximate surface area is 111 Å². The van der Waals surface area contributed by atoms with Crippen LogP contribution in [0, 0.1) is 0 Å². The summed E-state index contributed by atoms with van der Waals surface area (Å²) in [5, 5.41) is 0. The average Bonchev–Trinajstić information content (AvgIpc) is 2.82. The van der Waals surface area contributed by atoms with E-state index in [9.17, 15) is 0 Å². The predicted molar refractivity (Wildman–Crippen MR) is 75.8 cm³/mol. The number of nitrogens with two attached hydrogens (primary N) is 1. The normalized spacial score (nSPS) is 12.1. The van der Waals surface area contributed by atoms with Gasteiger partial charge >= 0.3 is 0 Å². The molecule has 0 spiro atoms. The van der Waals surface area contributed by atoms with Gasteiger partial charge in [0.1, 0.15) is 5.82 Å².